The lowest BCUT2D eigenvalue weighted by atomic mass is 9.75. The molecule has 0 aliphatic heterocycles. The van der Waals surface area contributed by atoms with E-state index < -0.39 is 16.1 Å². The van der Waals surface area contributed by atoms with Crippen LogP contribution in [-0.4, -0.2) is 15.8 Å². The largest absolute Gasteiger partial charge is 0.350 e. The Morgan fingerprint density at radius 3 is 2.44 bits per heavy atom. The lowest BCUT2D eigenvalue weighted by molar-refractivity contribution is -0.612. The molecule has 1 atom stereocenters. The van der Waals surface area contributed by atoms with Crippen molar-refractivity contribution in [1.29, 1.82) is 0 Å². The van der Waals surface area contributed by atoms with Crippen LogP contribution < -0.4 is 0 Å². The molecule has 0 spiro atoms. The van der Waals surface area contributed by atoms with Crippen LogP contribution in [0.15, 0.2) is 22.3 Å². The van der Waals surface area contributed by atoms with Crippen LogP contribution in [0.1, 0.15) is 34.1 Å². The smallest absolute Gasteiger partial charge is 0.327 e. The summed E-state index contributed by atoms with van der Waals surface area (Å²) in [5.74, 6) is 0. The third-order valence-electron chi connectivity index (χ3n) is 2.71. The maximum atomic E-state index is 11.0. The van der Waals surface area contributed by atoms with Crippen molar-refractivity contribution in [3.8, 4) is 0 Å². The fourth-order valence-corrected chi connectivity index (χ4v) is 2.47. The fourth-order valence-electron chi connectivity index (χ4n) is 1.96. The molecule has 0 amide bonds. The first kappa shape index (κ1) is 13.2. The Morgan fingerprint density at radius 2 is 2.06 bits per heavy atom. The van der Waals surface area contributed by atoms with E-state index in [1.165, 1.54) is 0 Å². The van der Waals surface area contributed by atoms with Gasteiger partial charge in [0.1, 0.15) is 0 Å². The van der Waals surface area contributed by atoms with Crippen molar-refractivity contribution >= 4 is 11.6 Å². The van der Waals surface area contributed by atoms with Gasteiger partial charge in [-0.05, 0) is 17.9 Å². The summed E-state index contributed by atoms with van der Waals surface area (Å²) < 4.78 is 0. The first-order valence-electron chi connectivity index (χ1n) is 5.05. The molecule has 1 unspecified atom stereocenters. The van der Waals surface area contributed by atoms with Gasteiger partial charge in [-0.1, -0.05) is 38.4 Å². The summed E-state index contributed by atoms with van der Waals surface area (Å²) in [5.41, 5.74) is -1.56. The predicted molar refractivity (Wildman–Crippen MR) is 62.7 cm³/mol. The Morgan fingerprint density at radius 1 is 1.56 bits per heavy atom. The summed E-state index contributed by atoms with van der Waals surface area (Å²) in [4.78, 5) is 10.4. The lowest BCUT2D eigenvalue weighted by Crippen LogP contribution is -2.46. The fraction of sp³-hybridized carbons (Fsp3) is 0.636. The topological polar surface area (TPSA) is 63.4 Å². The summed E-state index contributed by atoms with van der Waals surface area (Å²) in [7, 11) is 0. The second-order valence-electron chi connectivity index (χ2n) is 5.10. The van der Waals surface area contributed by atoms with Crippen molar-refractivity contribution in [2.75, 3.05) is 0 Å². The minimum atomic E-state index is -2.07. The molecule has 0 saturated carbocycles. The molecule has 0 aromatic carbocycles. The number of halogens is 1. The van der Waals surface area contributed by atoms with Crippen LogP contribution in [0.4, 0.5) is 0 Å². The molecule has 1 aliphatic rings. The second kappa shape index (κ2) is 3.86. The van der Waals surface area contributed by atoms with E-state index in [1.54, 1.807) is 33.8 Å². The number of allylic oxidation sites excluding steroid dienone is 2. The summed E-state index contributed by atoms with van der Waals surface area (Å²) in [6.45, 7) is 7.20. The van der Waals surface area contributed by atoms with Crippen molar-refractivity contribution in [3.63, 3.8) is 0 Å². The van der Waals surface area contributed by atoms with Crippen molar-refractivity contribution < 1.29 is 10.0 Å². The Kier molecular flexibility index (Phi) is 3.18. The maximum absolute atomic E-state index is 11.0. The van der Waals surface area contributed by atoms with Gasteiger partial charge in [0, 0.05) is 0 Å². The summed E-state index contributed by atoms with van der Waals surface area (Å²) in [5, 5.41) is 21.5. The highest BCUT2D eigenvalue weighted by Crippen LogP contribution is 2.44. The maximum Gasteiger partial charge on any atom is 0.350 e. The summed E-state index contributed by atoms with van der Waals surface area (Å²) in [6, 6.07) is 0. The first-order chi connectivity index (χ1) is 7.10. The molecule has 4 nitrogen and oxygen atoms in total. The van der Waals surface area contributed by atoms with Crippen LogP contribution in [0.5, 0.6) is 0 Å². The molecule has 1 N–H and O–H groups in total. The van der Waals surface area contributed by atoms with Crippen LogP contribution in [0, 0.1) is 15.5 Å². The molecule has 5 heteroatoms. The van der Waals surface area contributed by atoms with Crippen LogP contribution in [0.2, 0.25) is 0 Å². The zero-order chi connectivity index (χ0) is 12.7. The van der Waals surface area contributed by atoms with Gasteiger partial charge in [-0.2, -0.15) is 0 Å². The van der Waals surface area contributed by atoms with E-state index >= 15 is 0 Å². The van der Waals surface area contributed by atoms with Crippen molar-refractivity contribution in [3.05, 3.63) is 32.4 Å². The standard InChI is InChI=1S/C11H16ClNO3/c1-7-5-6-11(14,13(15)16)9(8(7)12)10(2,3)4/h5,14H,6H2,1-4H3. The van der Waals surface area contributed by atoms with Gasteiger partial charge in [0.05, 0.1) is 21.9 Å². The van der Waals surface area contributed by atoms with Crippen LogP contribution >= 0.6 is 11.6 Å². The highest BCUT2D eigenvalue weighted by Gasteiger charge is 2.51. The highest BCUT2D eigenvalue weighted by atomic mass is 35.5. The monoisotopic (exact) mass is 245 g/mol. The molecule has 0 fully saturated rings. The van der Waals surface area contributed by atoms with E-state index in [1.807, 2.05) is 0 Å². The number of nitrogens with zero attached hydrogens (tertiary/aromatic N) is 1. The zero-order valence-electron chi connectivity index (χ0n) is 9.87. The summed E-state index contributed by atoms with van der Waals surface area (Å²) in [6.07, 6.45) is 1.56. The minimum Gasteiger partial charge on any atom is -0.327 e. The van der Waals surface area contributed by atoms with E-state index in [2.05, 4.69) is 0 Å². The average Bonchev–Trinajstić information content (AvgIpc) is 2.09. The van der Waals surface area contributed by atoms with Gasteiger partial charge >= 0.3 is 5.72 Å². The van der Waals surface area contributed by atoms with Crippen molar-refractivity contribution in [2.45, 2.75) is 39.8 Å². The van der Waals surface area contributed by atoms with Crippen LogP contribution in [0.3, 0.4) is 0 Å². The average molecular weight is 246 g/mol. The third-order valence-corrected chi connectivity index (χ3v) is 3.20. The minimum absolute atomic E-state index is 0.0331. The van der Waals surface area contributed by atoms with Gasteiger partial charge in [0.15, 0.2) is 0 Å². The van der Waals surface area contributed by atoms with Gasteiger partial charge in [0.25, 0.3) is 0 Å². The SMILES string of the molecule is CC1=CCC(O)([N+](=O)[O-])C(C(C)(C)C)=C1Cl. The number of nitro groups is 1. The van der Waals surface area contributed by atoms with E-state index in [4.69, 9.17) is 11.6 Å². The zero-order valence-corrected chi connectivity index (χ0v) is 10.6. The Labute approximate surface area is 99.8 Å². The lowest BCUT2D eigenvalue weighted by Gasteiger charge is -2.34. The molecule has 1 aliphatic carbocycles. The number of rotatable bonds is 1. The van der Waals surface area contributed by atoms with Gasteiger partial charge in [-0.25, -0.2) is 0 Å². The Bertz CT molecular complexity index is 393. The normalized spacial score (nSPS) is 26.8. The number of aliphatic hydroxyl groups is 1. The highest BCUT2D eigenvalue weighted by molar-refractivity contribution is 6.32. The predicted octanol–water partition coefficient (Wildman–Crippen LogP) is 2.84. The molecule has 0 aromatic rings. The molecule has 0 bridgehead atoms. The molecule has 1 rings (SSSR count). The van der Waals surface area contributed by atoms with E-state index in [0.717, 1.165) is 5.57 Å². The second-order valence-corrected chi connectivity index (χ2v) is 5.48. The van der Waals surface area contributed by atoms with Crippen LogP contribution in [-0.2, 0) is 0 Å². The van der Waals surface area contributed by atoms with E-state index in [0.29, 0.717) is 5.03 Å². The summed E-state index contributed by atoms with van der Waals surface area (Å²) >= 11 is 6.09. The third kappa shape index (κ3) is 1.99. The first-order valence-corrected chi connectivity index (χ1v) is 5.43. The van der Waals surface area contributed by atoms with Gasteiger partial charge in [-0.3, -0.25) is 10.1 Å². The van der Waals surface area contributed by atoms with Crippen molar-refractivity contribution in [1.82, 2.24) is 0 Å². The van der Waals surface area contributed by atoms with Gasteiger partial charge in [-0.15, -0.1) is 0 Å². The van der Waals surface area contributed by atoms with Crippen LogP contribution in [0.25, 0.3) is 0 Å². The van der Waals surface area contributed by atoms with Gasteiger partial charge in [0.2, 0.25) is 0 Å². The molecule has 0 radical (unpaired) electrons. The number of hydrogen-bond donors (Lipinski definition) is 1. The molecule has 90 valence electrons. The molecular formula is C11H16ClNO3. The molecule has 0 saturated heterocycles. The quantitative estimate of drug-likeness (QED) is 0.439. The molecule has 16 heavy (non-hydrogen) atoms. The Balaban J connectivity index is 3.45. The van der Waals surface area contributed by atoms with Gasteiger partial charge < -0.3 is 5.11 Å². The van der Waals surface area contributed by atoms with E-state index in [9.17, 15) is 15.2 Å². The Hall–Kier alpha value is -0.870. The molecule has 0 aromatic heterocycles. The number of hydrogen-bond acceptors (Lipinski definition) is 3. The van der Waals surface area contributed by atoms with Crippen molar-refractivity contribution in [2.24, 2.45) is 5.41 Å². The van der Waals surface area contributed by atoms with E-state index in [-0.39, 0.29) is 12.0 Å². The molecule has 0 heterocycles. The molecular weight excluding hydrogens is 230 g/mol.